The number of fused-ring (bicyclic) bond motifs is 4. The van der Waals surface area contributed by atoms with Gasteiger partial charge in [-0.15, -0.1) is 4.33 Å². The van der Waals surface area contributed by atoms with Gasteiger partial charge in [-0.05, 0) is 106 Å². The zero-order valence-corrected chi connectivity index (χ0v) is 58.7. The van der Waals surface area contributed by atoms with Crippen molar-refractivity contribution in [3.05, 3.63) is 140 Å². The molecule has 4 heterocycles. The summed E-state index contributed by atoms with van der Waals surface area (Å²) >= 11 is 0.724. The summed E-state index contributed by atoms with van der Waals surface area (Å²) in [7, 11) is -14.1. The van der Waals surface area contributed by atoms with Crippen molar-refractivity contribution in [2.24, 2.45) is 0 Å². The van der Waals surface area contributed by atoms with Crippen LogP contribution in [-0.2, 0) is 65.6 Å². The van der Waals surface area contributed by atoms with Crippen LogP contribution in [-0.4, -0.2) is 111 Å². The molecule has 6 aliphatic rings. The van der Waals surface area contributed by atoms with Gasteiger partial charge < -0.3 is 20.0 Å². The highest BCUT2D eigenvalue weighted by Crippen LogP contribution is 2.55. The van der Waals surface area contributed by atoms with E-state index in [1.165, 1.54) is 34.1 Å². The summed E-state index contributed by atoms with van der Waals surface area (Å²) in [6.07, 6.45) is 22.5. The minimum Gasteiger partial charge on any atom is -0.506 e. The Balaban J connectivity index is 1.18. The van der Waals surface area contributed by atoms with Crippen LogP contribution in [0.5, 0.6) is 0 Å². The fourth-order valence-corrected chi connectivity index (χ4v) is 16.9. The molecule has 20 nitrogen and oxygen atoms in total. The molecule has 3 aromatic carbocycles. The van der Waals surface area contributed by atoms with Crippen LogP contribution in [0.15, 0.2) is 128 Å². The molecule has 3 aromatic rings. The van der Waals surface area contributed by atoms with Gasteiger partial charge in [-0.2, -0.15) is 34.4 Å². The third-order valence-corrected chi connectivity index (χ3v) is 22.4. The fraction of sp³-hybridized carbons (Fsp3) is 0.514. The number of allylic oxidation sites excluding steroid dienone is 10. The van der Waals surface area contributed by atoms with Gasteiger partial charge in [0, 0.05) is 86.7 Å². The number of benzene rings is 3. The van der Waals surface area contributed by atoms with E-state index >= 15 is 0 Å². The van der Waals surface area contributed by atoms with Gasteiger partial charge in [0.25, 0.3) is 30.4 Å². The summed E-state index contributed by atoms with van der Waals surface area (Å²) in [5, 5.41) is 37.2. The predicted octanol–water partition coefficient (Wildman–Crippen LogP) is 15.1. The predicted molar refractivity (Wildman–Crippen MR) is 365 cm³/mol. The molecule has 94 heavy (non-hydrogen) atoms. The standard InChI is InChI=1S/C70H90N4O16S4/c1-10-15-20-23-32-69(8)54-36-46(94(86,87)88)28-30-57(54)74(44-93(83,84)85)63(69)41-52-64(75)49(65(52)76)38-58-47(26-21-16-11-2)48-37-60-55(42-59(48)71(58)33-24-18-13-4)70(9,31-22-17-12-3)62(72(60)34-25-19-14-5)40-51-66(77)50(67(51)78)39-61-68(6,7)53-35-45(91-90-89-79)27-29-56(53)73(61)43-92(80,81)82/h27-30,35-42,47H,10-26,31-34,43-44H2,1-9H3,(H4-2,75,76,77,78,79,80,81,82,83,84,85,86,87,88)/p+2. The Hall–Kier alpha value is -6.06. The topological polar surface area (TPSA) is 289 Å². The van der Waals surface area contributed by atoms with Gasteiger partial charge in [-0.25, -0.2) is 5.26 Å². The van der Waals surface area contributed by atoms with E-state index in [0.717, 1.165) is 155 Å². The molecule has 510 valence electrons. The Labute approximate surface area is 558 Å². The van der Waals surface area contributed by atoms with Crippen LogP contribution in [0.3, 0.4) is 0 Å². The number of ketones is 2. The minimum absolute atomic E-state index is 0.0183. The largest absolute Gasteiger partial charge is 0.506 e. The van der Waals surface area contributed by atoms with Crippen LogP contribution < -0.4 is 9.80 Å². The van der Waals surface area contributed by atoms with Crippen LogP contribution in [0.1, 0.15) is 212 Å². The molecule has 3 unspecified atom stereocenters. The average Bonchev–Trinajstić information content (AvgIpc) is 1.55. The zero-order valence-electron chi connectivity index (χ0n) is 55.5. The summed E-state index contributed by atoms with van der Waals surface area (Å²) < 4.78 is 116. The molecule has 6 N–H and O–H groups in total. The lowest BCUT2D eigenvalue weighted by molar-refractivity contribution is -0.441. The maximum atomic E-state index is 15.0. The normalized spacial score (nSPS) is 22.7. The molecular formula is C70H92N4O16S4+2. The number of hydrogen-bond donors (Lipinski definition) is 6. The molecule has 0 amide bonds. The molecule has 0 spiro atoms. The lowest BCUT2D eigenvalue weighted by Gasteiger charge is -2.31. The van der Waals surface area contributed by atoms with Gasteiger partial charge in [-0.1, -0.05) is 131 Å². The lowest BCUT2D eigenvalue weighted by Crippen LogP contribution is -2.34. The molecule has 0 fully saturated rings. The maximum Gasteiger partial charge on any atom is 0.294 e. The molecular weight excluding hydrogens is 1280 g/mol. The number of Topliss-reactive ketones (excluding diaryl/α,β-unsaturated/α-hetero) is 2. The van der Waals surface area contributed by atoms with Crippen LogP contribution in [0.2, 0.25) is 0 Å². The van der Waals surface area contributed by atoms with E-state index in [-0.39, 0.29) is 51.1 Å². The molecule has 0 radical (unpaired) electrons. The lowest BCUT2D eigenvalue weighted by atomic mass is 9.73. The van der Waals surface area contributed by atoms with E-state index in [2.05, 4.69) is 72.2 Å². The summed E-state index contributed by atoms with van der Waals surface area (Å²) in [4.78, 5) is 32.6. The second kappa shape index (κ2) is 28.9. The first-order valence-electron chi connectivity index (χ1n) is 33.1. The highest BCUT2D eigenvalue weighted by Gasteiger charge is 2.54. The van der Waals surface area contributed by atoms with E-state index in [9.17, 15) is 58.7 Å². The molecule has 0 bridgehead atoms. The molecule has 3 atom stereocenters. The number of aliphatic hydroxyl groups excluding tert-OH is 2. The maximum absolute atomic E-state index is 15.0. The van der Waals surface area contributed by atoms with Crippen molar-refractivity contribution in [1.29, 1.82) is 0 Å². The molecule has 24 heteroatoms. The monoisotopic (exact) mass is 1370 g/mol. The number of anilines is 2. The second-order valence-electron chi connectivity index (χ2n) is 26.8. The Morgan fingerprint density at radius 2 is 1.09 bits per heavy atom. The van der Waals surface area contributed by atoms with Crippen LogP contribution in [0.4, 0.5) is 22.7 Å². The Morgan fingerprint density at radius 3 is 1.67 bits per heavy atom. The summed E-state index contributed by atoms with van der Waals surface area (Å²) in [6, 6.07) is 13.4. The number of aliphatic hydroxyl groups is 2. The van der Waals surface area contributed by atoms with Crippen molar-refractivity contribution < 1.29 is 82.5 Å². The van der Waals surface area contributed by atoms with Gasteiger partial charge in [-0.3, -0.25) is 23.2 Å². The van der Waals surface area contributed by atoms with Crippen molar-refractivity contribution in [2.75, 3.05) is 34.6 Å². The van der Waals surface area contributed by atoms with E-state index in [1.54, 1.807) is 18.2 Å². The van der Waals surface area contributed by atoms with Crippen LogP contribution >= 0.6 is 12.0 Å². The van der Waals surface area contributed by atoms with Crippen LogP contribution in [0.25, 0.3) is 0 Å². The van der Waals surface area contributed by atoms with Crippen molar-refractivity contribution in [3.63, 3.8) is 0 Å². The van der Waals surface area contributed by atoms with Crippen molar-refractivity contribution in [2.45, 2.75) is 216 Å². The van der Waals surface area contributed by atoms with Gasteiger partial charge in [0.1, 0.15) is 24.6 Å². The SMILES string of the molecule is CCCCCCC1(C)C(=CC2=C(O)C(=CC3=[N+](CCCCC)c4cc5c(cc4C3CCCCC)[N+](CCCCC)=C(C=C3C(=O)C(C=C4N(CS(=O)(=O)O)c6ccc(SOOO)cc6C4(C)C)=C3O)C5(C)CCCCC)C2=O)N(CS(=O)(=O)O)c2ccc(S(=O)(=O)O)cc21. The molecule has 9 rings (SSSR count). The van der Waals surface area contributed by atoms with E-state index in [4.69, 9.17) is 5.26 Å². The number of nitrogens with zero attached hydrogens (tertiary/aromatic N) is 4. The number of carbonyl (C=O) groups is 2. The molecule has 4 aliphatic heterocycles. The van der Waals surface area contributed by atoms with Crippen molar-refractivity contribution >= 4 is 88.1 Å². The minimum atomic E-state index is -4.73. The highest BCUT2D eigenvalue weighted by molar-refractivity contribution is 7.94. The number of carbonyl (C=O) groups excluding carboxylic acids is 2. The van der Waals surface area contributed by atoms with E-state index < -0.39 is 74.8 Å². The summed E-state index contributed by atoms with van der Waals surface area (Å²) in [5.41, 5.74) is 5.39. The van der Waals surface area contributed by atoms with Crippen molar-refractivity contribution in [3.8, 4) is 0 Å². The third-order valence-electron chi connectivity index (χ3n) is 19.8. The number of unbranched alkanes of at least 4 members (excludes halogenated alkanes) is 11. The van der Waals surface area contributed by atoms with Crippen molar-refractivity contribution in [1.82, 2.24) is 0 Å². The smallest absolute Gasteiger partial charge is 0.294 e. The molecule has 0 saturated heterocycles. The zero-order chi connectivity index (χ0) is 68.5. The Morgan fingerprint density at radius 1 is 0.564 bits per heavy atom. The molecule has 0 aromatic heterocycles. The fourth-order valence-electron chi connectivity index (χ4n) is 14.8. The van der Waals surface area contributed by atoms with Crippen LogP contribution in [0, 0.1) is 0 Å². The third kappa shape index (κ3) is 14.3. The van der Waals surface area contributed by atoms with E-state index in [0.29, 0.717) is 59.8 Å². The average molecular weight is 1370 g/mol. The molecule has 2 aliphatic carbocycles. The Bertz CT molecular complexity index is 4140. The van der Waals surface area contributed by atoms with E-state index in [1.807, 2.05) is 32.9 Å². The highest BCUT2D eigenvalue weighted by atomic mass is 32.2. The van der Waals surface area contributed by atoms with Gasteiger partial charge in [0.05, 0.1) is 50.6 Å². The summed E-state index contributed by atoms with van der Waals surface area (Å²) in [6.45, 7) is 19.5. The first kappa shape index (κ1) is 72.2. The number of hydrogen-bond acceptors (Lipinski definition) is 16. The first-order valence-corrected chi connectivity index (χ1v) is 38.5. The number of rotatable bonds is 33. The first-order chi connectivity index (χ1) is 44.4. The molecule has 0 saturated carbocycles. The Kier molecular flexibility index (Phi) is 22.2. The van der Waals surface area contributed by atoms with Gasteiger partial charge >= 0.3 is 0 Å². The summed E-state index contributed by atoms with van der Waals surface area (Å²) in [5.74, 6) is -3.45. The van der Waals surface area contributed by atoms with Gasteiger partial charge in [0.15, 0.2) is 23.2 Å². The quantitative estimate of drug-likeness (QED) is 0.00628. The van der Waals surface area contributed by atoms with Gasteiger partial charge in [0.2, 0.25) is 22.9 Å². The second-order valence-corrected chi connectivity index (χ2v) is 31.8.